The molecule has 0 saturated heterocycles. The number of guanidine groups is 1. The molecule has 0 radical (unpaired) electrons. The van der Waals surface area contributed by atoms with Crippen molar-refractivity contribution in [2.45, 2.75) is 53.2 Å². The third-order valence-corrected chi connectivity index (χ3v) is 4.55. The van der Waals surface area contributed by atoms with E-state index in [9.17, 15) is 4.39 Å². The molecule has 0 fully saturated rings. The average molecular weight is 390 g/mol. The maximum absolute atomic E-state index is 13.0. The molecule has 0 spiro atoms. The van der Waals surface area contributed by atoms with Crippen LogP contribution in [0.2, 0.25) is 0 Å². The standard InChI is InChI=1S/C21H32FN5O/c1-7-23-21(24-13-15(3)28-19-10-8-18(22)9-11-19)25-14(2)12-20-16(4)26-27(6)17(20)5/h8-11,14-15H,7,12-13H2,1-6H3,(H2,23,24,25). The molecule has 0 bridgehead atoms. The first-order valence-electron chi connectivity index (χ1n) is 9.76. The van der Waals surface area contributed by atoms with Gasteiger partial charge in [-0.3, -0.25) is 4.68 Å². The Kier molecular flexibility index (Phi) is 7.84. The Morgan fingerprint density at radius 3 is 2.50 bits per heavy atom. The zero-order valence-electron chi connectivity index (χ0n) is 17.7. The van der Waals surface area contributed by atoms with E-state index >= 15 is 0 Å². The molecule has 0 aliphatic rings. The van der Waals surface area contributed by atoms with E-state index in [1.54, 1.807) is 12.1 Å². The molecule has 154 valence electrons. The molecule has 1 aromatic heterocycles. The molecule has 2 unspecified atom stereocenters. The van der Waals surface area contributed by atoms with Gasteiger partial charge in [-0.25, -0.2) is 9.38 Å². The molecule has 2 N–H and O–H groups in total. The molecule has 2 rings (SSSR count). The van der Waals surface area contributed by atoms with Crippen LogP contribution >= 0.6 is 0 Å². The lowest BCUT2D eigenvalue weighted by molar-refractivity contribution is 0.230. The summed E-state index contributed by atoms with van der Waals surface area (Å²) in [5.41, 5.74) is 3.53. The van der Waals surface area contributed by atoms with Crippen LogP contribution in [-0.2, 0) is 13.5 Å². The lowest BCUT2D eigenvalue weighted by Gasteiger charge is -2.19. The number of nitrogens with one attached hydrogen (secondary N) is 2. The summed E-state index contributed by atoms with van der Waals surface area (Å²) in [5, 5.41) is 11.2. The summed E-state index contributed by atoms with van der Waals surface area (Å²) in [5.74, 6) is 1.12. The number of halogens is 1. The summed E-state index contributed by atoms with van der Waals surface area (Å²) in [6.07, 6.45) is 0.747. The van der Waals surface area contributed by atoms with E-state index in [4.69, 9.17) is 4.74 Å². The Balaban J connectivity index is 1.94. The summed E-state index contributed by atoms with van der Waals surface area (Å²) >= 11 is 0. The zero-order valence-corrected chi connectivity index (χ0v) is 17.7. The van der Waals surface area contributed by atoms with E-state index in [2.05, 4.69) is 34.6 Å². The van der Waals surface area contributed by atoms with E-state index in [0.29, 0.717) is 12.3 Å². The number of ether oxygens (including phenoxy) is 1. The second-order valence-electron chi connectivity index (χ2n) is 7.12. The number of aliphatic imine (C=N–C) groups is 1. The number of hydrogen-bond acceptors (Lipinski definition) is 3. The molecule has 7 heteroatoms. The monoisotopic (exact) mass is 389 g/mol. The lowest BCUT2D eigenvalue weighted by atomic mass is 10.1. The number of hydrogen-bond donors (Lipinski definition) is 2. The van der Waals surface area contributed by atoms with E-state index in [0.717, 1.165) is 24.6 Å². The van der Waals surface area contributed by atoms with Gasteiger partial charge in [-0.15, -0.1) is 0 Å². The highest BCUT2D eigenvalue weighted by atomic mass is 19.1. The molecule has 1 heterocycles. The van der Waals surface area contributed by atoms with Crippen LogP contribution in [-0.4, -0.2) is 41.0 Å². The highest BCUT2D eigenvalue weighted by Gasteiger charge is 2.14. The maximum atomic E-state index is 13.0. The number of benzene rings is 1. The van der Waals surface area contributed by atoms with Crippen LogP contribution in [0.4, 0.5) is 4.39 Å². The van der Waals surface area contributed by atoms with Crippen LogP contribution in [0.5, 0.6) is 5.75 Å². The highest BCUT2D eigenvalue weighted by Crippen LogP contribution is 2.14. The van der Waals surface area contributed by atoms with Crippen molar-refractivity contribution in [1.29, 1.82) is 0 Å². The largest absolute Gasteiger partial charge is 0.489 e. The van der Waals surface area contributed by atoms with Crippen molar-refractivity contribution < 1.29 is 9.13 Å². The lowest BCUT2D eigenvalue weighted by Crippen LogP contribution is -2.43. The van der Waals surface area contributed by atoms with E-state index < -0.39 is 0 Å². The Labute approximate surface area is 167 Å². The SMILES string of the molecule is CCNC(=NCC(C)Oc1ccc(F)cc1)NC(C)Cc1c(C)nn(C)c1C. The number of nitrogens with zero attached hydrogens (tertiary/aromatic N) is 3. The first-order chi connectivity index (χ1) is 13.3. The molecule has 28 heavy (non-hydrogen) atoms. The fourth-order valence-electron chi connectivity index (χ4n) is 3.03. The molecule has 6 nitrogen and oxygen atoms in total. The van der Waals surface area contributed by atoms with E-state index in [1.165, 1.54) is 23.4 Å². The summed E-state index contributed by atoms with van der Waals surface area (Å²) in [4.78, 5) is 4.63. The van der Waals surface area contributed by atoms with Gasteiger partial charge in [0.2, 0.25) is 0 Å². The van der Waals surface area contributed by atoms with Crippen LogP contribution in [0.1, 0.15) is 37.7 Å². The number of aromatic nitrogens is 2. The molecule has 2 atom stereocenters. The normalized spacial score (nSPS) is 13.9. The van der Waals surface area contributed by atoms with E-state index in [1.807, 2.05) is 32.5 Å². The summed E-state index contributed by atoms with van der Waals surface area (Å²) < 4.78 is 20.7. The number of aryl methyl sites for hydroxylation is 2. The molecular weight excluding hydrogens is 357 g/mol. The predicted octanol–water partition coefficient (Wildman–Crippen LogP) is 3.13. The van der Waals surface area contributed by atoms with Crippen LogP contribution in [0.25, 0.3) is 0 Å². The first-order valence-corrected chi connectivity index (χ1v) is 9.76. The molecule has 0 amide bonds. The quantitative estimate of drug-likeness (QED) is 0.538. The first kappa shape index (κ1) is 21.7. The van der Waals surface area contributed by atoms with Crippen molar-refractivity contribution >= 4 is 5.96 Å². The second kappa shape index (κ2) is 10.1. The van der Waals surface area contributed by atoms with Crippen molar-refractivity contribution in [3.63, 3.8) is 0 Å². The minimum absolute atomic E-state index is 0.126. The predicted molar refractivity (Wildman–Crippen MR) is 111 cm³/mol. The van der Waals surface area contributed by atoms with Gasteiger partial charge in [0, 0.05) is 25.3 Å². The molecule has 1 aromatic carbocycles. The molecule has 0 aliphatic heterocycles. The van der Waals surface area contributed by atoms with Crippen LogP contribution < -0.4 is 15.4 Å². The van der Waals surface area contributed by atoms with Gasteiger partial charge in [0.1, 0.15) is 17.7 Å². The van der Waals surface area contributed by atoms with Crippen LogP contribution in [0.15, 0.2) is 29.3 Å². The average Bonchev–Trinajstić information content (AvgIpc) is 2.88. The smallest absolute Gasteiger partial charge is 0.191 e. The van der Waals surface area contributed by atoms with Crippen molar-refractivity contribution in [2.75, 3.05) is 13.1 Å². The Morgan fingerprint density at radius 2 is 1.93 bits per heavy atom. The Hall–Kier alpha value is -2.57. The van der Waals surface area contributed by atoms with Gasteiger partial charge in [0.25, 0.3) is 0 Å². The van der Waals surface area contributed by atoms with Crippen molar-refractivity contribution in [1.82, 2.24) is 20.4 Å². The summed E-state index contributed by atoms with van der Waals surface area (Å²) in [6.45, 7) is 11.5. The van der Waals surface area contributed by atoms with Gasteiger partial charge in [0.15, 0.2) is 5.96 Å². The minimum atomic E-state index is -0.273. The Bertz CT molecular complexity index is 785. The van der Waals surface area contributed by atoms with Gasteiger partial charge >= 0.3 is 0 Å². The van der Waals surface area contributed by atoms with Crippen molar-refractivity contribution in [2.24, 2.45) is 12.0 Å². The third kappa shape index (κ3) is 6.25. The molecule has 0 aliphatic carbocycles. The minimum Gasteiger partial charge on any atom is -0.489 e. The summed E-state index contributed by atoms with van der Waals surface area (Å²) in [6, 6.07) is 6.23. The molecular formula is C21H32FN5O. The summed E-state index contributed by atoms with van der Waals surface area (Å²) in [7, 11) is 1.97. The van der Waals surface area contributed by atoms with Gasteiger partial charge < -0.3 is 15.4 Å². The van der Waals surface area contributed by atoms with Crippen LogP contribution in [0.3, 0.4) is 0 Å². The van der Waals surface area contributed by atoms with Gasteiger partial charge in [-0.05, 0) is 70.9 Å². The zero-order chi connectivity index (χ0) is 20.7. The fraction of sp³-hybridized carbons (Fsp3) is 0.524. The molecule has 0 saturated carbocycles. The third-order valence-electron chi connectivity index (χ3n) is 4.55. The fourth-order valence-corrected chi connectivity index (χ4v) is 3.03. The van der Waals surface area contributed by atoms with E-state index in [-0.39, 0.29) is 18.0 Å². The maximum Gasteiger partial charge on any atom is 0.191 e. The van der Waals surface area contributed by atoms with Crippen LogP contribution in [0, 0.1) is 19.7 Å². The highest BCUT2D eigenvalue weighted by molar-refractivity contribution is 5.80. The van der Waals surface area contributed by atoms with Crippen molar-refractivity contribution in [3.05, 3.63) is 47.0 Å². The van der Waals surface area contributed by atoms with Gasteiger partial charge in [0.05, 0.1) is 12.2 Å². The van der Waals surface area contributed by atoms with Crippen molar-refractivity contribution in [3.8, 4) is 5.75 Å². The van der Waals surface area contributed by atoms with Gasteiger partial charge in [-0.2, -0.15) is 5.10 Å². The number of rotatable bonds is 8. The van der Waals surface area contributed by atoms with Gasteiger partial charge in [-0.1, -0.05) is 0 Å². The molecule has 2 aromatic rings. The topological polar surface area (TPSA) is 63.5 Å². The Morgan fingerprint density at radius 1 is 1.25 bits per heavy atom. The second-order valence-corrected chi connectivity index (χ2v) is 7.12.